The molecule has 0 bridgehead atoms. The normalized spacial score (nSPS) is 11.0. The van der Waals surface area contributed by atoms with Gasteiger partial charge in [0.15, 0.2) is 0 Å². The van der Waals surface area contributed by atoms with Crippen molar-refractivity contribution in [2.24, 2.45) is 5.73 Å². The first kappa shape index (κ1) is 21.8. The molecule has 0 saturated heterocycles. The summed E-state index contributed by atoms with van der Waals surface area (Å²) in [4.78, 5) is 28.6. The van der Waals surface area contributed by atoms with E-state index in [4.69, 9.17) is 5.73 Å². The average molecular weight is 494 g/mol. The topological polar surface area (TPSA) is 94.9 Å². The van der Waals surface area contributed by atoms with E-state index in [1.165, 1.54) is 0 Å². The average Bonchev–Trinajstić information content (AvgIpc) is 3.38. The number of hydrogen-bond acceptors (Lipinski definition) is 3. The first-order valence-corrected chi connectivity index (χ1v) is 11.2. The lowest BCUT2D eigenvalue weighted by Crippen LogP contribution is -2.20. The third kappa shape index (κ3) is 5.08. The molecule has 3 N–H and O–H groups in total. The van der Waals surface area contributed by atoms with Crippen LogP contribution in [0.25, 0.3) is 10.9 Å². The Kier molecular flexibility index (Phi) is 6.70. The summed E-state index contributed by atoms with van der Waals surface area (Å²) in [5, 5.41) is 4.13. The van der Waals surface area contributed by atoms with Gasteiger partial charge in [-0.2, -0.15) is 0 Å². The zero-order chi connectivity index (χ0) is 22.5. The Morgan fingerprint density at radius 2 is 1.84 bits per heavy atom. The van der Waals surface area contributed by atoms with E-state index in [1.807, 2.05) is 59.3 Å². The van der Waals surface area contributed by atoms with E-state index < -0.39 is 0 Å². The molecule has 0 aliphatic carbocycles. The maximum absolute atomic E-state index is 13.0. The Morgan fingerprint density at radius 1 is 1.06 bits per heavy atom. The molecule has 0 radical (unpaired) electrons. The van der Waals surface area contributed by atoms with Gasteiger partial charge in [-0.1, -0.05) is 46.3 Å². The van der Waals surface area contributed by atoms with E-state index in [1.54, 1.807) is 12.5 Å². The van der Waals surface area contributed by atoms with Crippen LogP contribution in [0.5, 0.6) is 0 Å². The minimum Gasteiger partial charge on any atom is -0.370 e. The van der Waals surface area contributed by atoms with Gasteiger partial charge in [0.05, 0.1) is 18.3 Å². The fourth-order valence-electron chi connectivity index (χ4n) is 3.85. The summed E-state index contributed by atoms with van der Waals surface area (Å²) in [6.45, 7) is 1.34. The van der Waals surface area contributed by atoms with Gasteiger partial charge in [0.1, 0.15) is 5.82 Å². The molecule has 0 aliphatic heterocycles. The number of carbonyl (C=O) groups is 2. The Hall–Kier alpha value is -3.39. The Morgan fingerprint density at radius 3 is 2.56 bits per heavy atom. The zero-order valence-corrected chi connectivity index (χ0v) is 19.1. The molecule has 32 heavy (non-hydrogen) atoms. The SMILES string of the molecule is NC(=O)CCc1c(NC(=O)Cc2ccc(Br)cc2)n(CCn2ccnc2)c2ccccc12. The van der Waals surface area contributed by atoms with Gasteiger partial charge >= 0.3 is 0 Å². The molecule has 0 spiro atoms. The van der Waals surface area contributed by atoms with Crippen LogP contribution in [0.3, 0.4) is 0 Å². The van der Waals surface area contributed by atoms with E-state index in [0.29, 0.717) is 19.5 Å². The molecular formula is C24H24BrN5O2. The molecule has 2 amide bonds. The summed E-state index contributed by atoms with van der Waals surface area (Å²) in [5.41, 5.74) is 8.28. The van der Waals surface area contributed by atoms with Gasteiger partial charge in [0, 0.05) is 47.3 Å². The smallest absolute Gasteiger partial charge is 0.229 e. The van der Waals surface area contributed by atoms with Crippen molar-refractivity contribution in [3.63, 3.8) is 0 Å². The molecule has 0 aliphatic rings. The van der Waals surface area contributed by atoms with Crippen molar-refractivity contribution in [1.82, 2.24) is 14.1 Å². The van der Waals surface area contributed by atoms with Crippen molar-refractivity contribution in [1.29, 1.82) is 0 Å². The highest BCUT2D eigenvalue weighted by atomic mass is 79.9. The quantitative estimate of drug-likeness (QED) is 0.370. The van der Waals surface area contributed by atoms with E-state index >= 15 is 0 Å². The second kappa shape index (κ2) is 9.82. The predicted molar refractivity (Wildman–Crippen MR) is 128 cm³/mol. The van der Waals surface area contributed by atoms with Crippen LogP contribution < -0.4 is 11.1 Å². The predicted octanol–water partition coefficient (Wildman–Crippen LogP) is 3.90. The van der Waals surface area contributed by atoms with Gasteiger partial charge in [-0.05, 0) is 30.2 Å². The Bertz CT molecular complexity index is 1230. The van der Waals surface area contributed by atoms with Crippen molar-refractivity contribution in [2.45, 2.75) is 32.4 Å². The Balaban J connectivity index is 1.68. The number of rotatable bonds is 9. The molecular weight excluding hydrogens is 470 g/mol. The van der Waals surface area contributed by atoms with Crippen LogP contribution in [-0.2, 0) is 35.5 Å². The van der Waals surface area contributed by atoms with Gasteiger partial charge < -0.3 is 20.2 Å². The highest BCUT2D eigenvalue weighted by Crippen LogP contribution is 2.32. The third-order valence-corrected chi connectivity index (χ3v) is 5.90. The number of imidazole rings is 1. The van der Waals surface area contributed by atoms with Crippen LogP contribution in [0.1, 0.15) is 17.5 Å². The summed E-state index contributed by atoms with van der Waals surface area (Å²) < 4.78 is 5.06. The first-order chi connectivity index (χ1) is 15.5. The fourth-order valence-corrected chi connectivity index (χ4v) is 4.11. The molecule has 2 aromatic heterocycles. The van der Waals surface area contributed by atoms with Crippen molar-refractivity contribution < 1.29 is 9.59 Å². The van der Waals surface area contributed by atoms with E-state index in [2.05, 4.69) is 30.8 Å². The molecule has 8 heteroatoms. The number of nitrogens with two attached hydrogens (primary N) is 1. The summed E-state index contributed by atoms with van der Waals surface area (Å²) in [7, 11) is 0. The summed E-state index contributed by atoms with van der Waals surface area (Å²) in [6, 6.07) is 15.7. The number of nitrogens with zero attached hydrogens (tertiary/aromatic N) is 3. The number of fused-ring (bicyclic) bond motifs is 1. The van der Waals surface area contributed by atoms with Gasteiger partial charge in [-0.25, -0.2) is 4.98 Å². The van der Waals surface area contributed by atoms with Gasteiger partial charge in [-0.3, -0.25) is 9.59 Å². The van der Waals surface area contributed by atoms with Crippen molar-refractivity contribution in [3.8, 4) is 0 Å². The second-order valence-corrected chi connectivity index (χ2v) is 8.53. The number of primary amides is 1. The molecule has 2 aromatic carbocycles. The molecule has 4 rings (SSSR count). The number of halogens is 1. The summed E-state index contributed by atoms with van der Waals surface area (Å²) >= 11 is 3.42. The van der Waals surface area contributed by atoms with Gasteiger partial charge in [0.25, 0.3) is 0 Å². The van der Waals surface area contributed by atoms with Gasteiger partial charge in [0.2, 0.25) is 11.8 Å². The fraction of sp³-hybridized carbons (Fsp3) is 0.208. The van der Waals surface area contributed by atoms with Crippen LogP contribution in [-0.4, -0.2) is 25.9 Å². The minimum absolute atomic E-state index is 0.112. The van der Waals surface area contributed by atoms with Crippen LogP contribution in [0.15, 0.2) is 71.7 Å². The number of hydrogen-bond donors (Lipinski definition) is 2. The number of amides is 2. The zero-order valence-electron chi connectivity index (χ0n) is 17.5. The van der Waals surface area contributed by atoms with Crippen LogP contribution in [0, 0.1) is 0 Å². The van der Waals surface area contributed by atoms with Crippen molar-refractivity contribution in [3.05, 3.63) is 82.9 Å². The maximum Gasteiger partial charge on any atom is 0.229 e. The number of aryl methyl sites for hydroxylation is 3. The molecule has 7 nitrogen and oxygen atoms in total. The number of carbonyl (C=O) groups excluding carboxylic acids is 2. The molecule has 4 aromatic rings. The van der Waals surface area contributed by atoms with Gasteiger partial charge in [-0.15, -0.1) is 0 Å². The number of aromatic nitrogens is 3. The number of anilines is 1. The highest BCUT2D eigenvalue weighted by molar-refractivity contribution is 9.10. The van der Waals surface area contributed by atoms with E-state index in [0.717, 1.165) is 32.3 Å². The second-order valence-electron chi connectivity index (χ2n) is 7.61. The lowest BCUT2D eigenvalue weighted by Gasteiger charge is -2.14. The van der Waals surface area contributed by atoms with Crippen LogP contribution in [0.4, 0.5) is 5.82 Å². The Labute approximate surface area is 194 Å². The highest BCUT2D eigenvalue weighted by Gasteiger charge is 2.19. The number of nitrogens with one attached hydrogen (secondary N) is 1. The van der Waals surface area contributed by atoms with Crippen molar-refractivity contribution >= 4 is 44.5 Å². The van der Waals surface area contributed by atoms with Crippen LogP contribution >= 0.6 is 15.9 Å². The molecule has 0 atom stereocenters. The largest absolute Gasteiger partial charge is 0.370 e. The monoisotopic (exact) mass is 493 g/mol. The molecule has 0 unspecified atom stereocenters. The number of para-hydroxylation sites is 1. The lowest BCUT2D eigenvalue weighted by atomic mass is 10.1. The number of benzene rings is 2. The lowest BCUT2D eigenvalue weighted by molar-refractivity contribution is -0.118. The van der Waals surface area contributed by atoms with E-state index in [9.17, 15) is 9.59 Å². The molecule has 0 saturated carbocycles. The third-order valence-electron chi connectivity index (χ3n) is 5.37. The molecule has 164 valence electrons. The summed E-state index contributed by atoms with van der Waals surface area (Å²) in [6.07, 6.45) is 6.35. The molecule has 2 heterocycles. The van der Waals surface area contributed by atoms with Crippen molar-refractivity contribution in [2.75, 3.05) is 5.32 Å². The summed E-state index contributed by atoms with van der Waals surface area (Å²) in [5.74, 6) is 0.237. The maximum atomic E-state index is 13.0. The molecule has 0 fully saturated rings. The standard InChI is InChI=1S/C24H24BrN5O2/c25-18-7-5-17(6-8-18)15-23(32)28-24-20(9-10-22(26)31)19-3-1-2-4-21(19)30(24)14-13-29-12-11-27-16-29/h1-8,11-12,16H,9-10,13-15H2,(H2,26,31)(H,28,32). The first-order valence-electron chi connectivity index (χ1n) is 10.4. The van der Waals surface area contributed by atoms with Crippen LogP contribution in [0.2, 0.25) is 0 Å². The van der Waals surface area contributed by atoms with E-state index in [-0.39, 0.29) is 24.7 Å². The minimum atomic E-state index is -0.368.